The minimum absolute atomic E-state index is 0.258. The molecule has 0 aliphatic rings. The molecule has 2 aromatic carbocycles. The van der Waals surface area contributed by atoms with Crippen LogP contribution in [0.5, 0.6) is 0 Å². The highest BCUT2D eigenvalue weighted by atomic mass is 79.9. The number of rotatable bonds is 2. The molecule has 2 aromatic rings. The van der Waals surface area contributed by atoms with Crippen LogP contribution in [0.15, 0.2) is 36.4 Å². The average molecular weight is 259 g/mol. The molecule has 2 rings (SSSR count). The van der Waals surface area contributed by atoms with Crippen LogP contribution >= 0.6 is 12.9 Å². The number of halogens is 1. The summed E-state index contributed by atoms with van der Waals surface area (Å²) in [5.74, 6) is 0. The first-order valence-corrected chi connectivity index (χ1v) is 9.53. The van der Waals surface area contributed by atoms with Crippen LogP contribution in [0.3, 0.4) is 0 Å². The van der Waals surface area contributed by atoms with Crippen molar-refractivity contribution in [1.29, 1.82) is 0 Å². The zero-order valence-corrected chi connectivity index (χ0v) is 11.3. The van der Waals surface area contributed by atoms with E-state index >= 15 is 0 Å². The van der Waals surface area contributed by atoms with Gasteiger partial charge in [0.1, 0.15) is 0 Å². The summed E-state index contributed by atoms with van der Waals surface area (Å²) >= 11 is 3.45. The Labute approximate surface area is 100 Å². The molecule has 0 aromatic heterocycles. The van der Waals surface area contributed by atoms with Gasteiger partial charge in [0, 0.05) is 0 Å². The lowest BCUT2D eigenvalue weighted by Gasteiger charge is -2.09. The Kier molecular flexibility index (Phi) is 3.47. The molecule has 2 heteroatoms. The molecule has 0 radical (unpaired) electrons. The van der Waals surface area contributed by atoms with E-state index in [0.717, 1.165) is 6.42 Å². The van der Waals surface area contributed by atoms with Gasteiger partial charge in [-0.3, -0.25) is 12.9 Å². The van der Waals surface area contributed by atoms with Gasteiger partial charge in [-0.1, -0.05) is 48.9 Å². The van der Waals surface area contributed by atoms with Gasteiger partial charge in [0.2, 0.25) is 0 Å². The molecule has 0 spiro atoms. The molecule has 0 atom stereocenters. The quantitative estimate of drug-likeness (QED) is 0.727. The summed E-state index contributed by atoms with van der Waals surface area (Å²) < 4.78 is 1.57. The summed E-state index contributed by atoms with van der Waals surface area (Å²) in [5, 5.41) is 2.81. The second-order valence-electron chi connectivity index (χ2n) is 3.41. The minimum Gasteiger partial charge on any atom is -0.296 e. The molecule has 0 aliphatic carbocycles. The first-order chi connectivity index (χ1) is 6.86. The lowest BCUT2D eigenvalue weighted by atomic mass is 10.1. The highest BCUT2D eigenvalue weighted by Crippen LogP contribution is 2.14. The van der Waals surface area contributed by atoms with Gasteiger partial charge in [0.25, 0.3) is 0 Å². The van der Waals surface area contributed by atoms with E-state index < -0.39 is 0 Å². The fraction of sp³-hybridized carbons (Fsp3) is 0.167. The van der Waals surface area contributed by atoms with E-state index in [1.165, 1.54) is 16.3 Å². The standard InChI is InChI=1S/C12H11.BrH.Mg/c1-2-10-7-8-11-5-3-4-6-12(11)9-10;;/h3-8H,2H2,1H3;1H;/q;;+1/p-1. The molecule has 14 heavy (non-hydrogen) atoms. The third-order valence-electron chi connectivity index (χ3n) is 2.65. The average Bonchev–Trinajstić information content (AvgIpc) is 2.27. The van der Waals surface area contributed by atoms with Gasteiger partial charge in [-0.25, -0.2) is 0 Å². The Morgan fingerprint density at radius 1 is 1.14 bits per heavy atom. The molecule has 0 nitrogen and oxygen atoms in total. The predicted molar refractivity (Wildman–Crippen MR) is 67.6 cm³/mol. The van der Waals surface area contributed by atoms with Gasteiger partial charge < -0.3 is 0 Å². The second kappa shape index (κ2) is 4.64. The molecule has 0 bridgehead atoms. The van der Waals surface area contributed by atoms with Crippen molar-refractivity contribution in [1.82, 2.24) is 0 Å². The van der Waals surface area contributed by atoms with E-state index in [4.69, 9.17) is 0 Å². The normalized spacial score (nSPS) is 10.1. The SMILES string of the molecule is CCc1ccc2ccccc2[c]1[Mg][Br]. The van der Waals surface area contributed by atoms with E-state index in [1.807, 2.05) is 0 Å². The Morgan fingerprint density at radius 2 is 1.93 bits per heavy atom. The number of aryl methyl sites for hydroxylation is 1. The molecular weight excluding hydrogens is 248 g/mol. The van der Waals surface area contributed by atoms with Gasteiger partial charge in [0.05, 0.1) is 0 Å². The maximum atomic E-state index is 3.71. The highest BCUT2D eigenvalue weighted by Gasteiger charge is 2.05. The first kappa shape index (κ1) is 10.5. The van der Waals surface area contributed by atoms with Crippen LogP contribution in [0.25, 0.3) is 10.8 Å². The van der Waals surface area contributed by atoms with Crippen molar-refractivity contribution in [3.8, 4) is 0 Å². The van der Waals surface area contributed by atoms with Crippen molar-refractivity contribution < 1.29 is 0 Å². The largest absolute Gasteiger partial charge is 0.508 e. The first-order valence-electron chi connectivity index (χ1n) is 4.92. The van der Waals surface area contributed by atoms with Crippen LogP contribution in [0, 0.1) is 0 Å². The van der Waals surface area contributed by atoms with E-state index in [-0.39, 0.29) is 18.2 Å². The Bertz CT molecular complexity index is 451. The maximum Gasteiger partial charge on any atom is 0.508 e. The molecular formula is C12H11BrMg. The van der Waals surface area contributed by atoms with E-state index in [1.54, 1.807) is 3.69 Å². The number of hydrogen-bond donors (Lipinski definition) is 0. The molecule has 0 unspecified atom stereocenters. The number of fused-ring (bicyclic) bond motifs is 1. The monoisotopic (exact) mass is 258 g/mol. The fourth-order valence-corrected chi connectivity index (χ4v) is 4.86. The van der Waals surface area contributed by atoms with Gasteiger partial charge in [-0.15, -0.1) is 3.69 Å². The van der Waals surface area contributed by atoms with Gasteiger partial charge in [0.15, 0.2) is 0 Å². The lowest BCUT2D eigenvalue weighted by molar-refractivity contribution is 1.16. The van der Waals surface area contributed by atoms with E-state index in [2.05, 4.69) is 56.2 Å². The maximum absolute atomic E-state index is 3.71. The number of benzene rings is 2. The Hall–Kier alpha value is -0.0538. The molecule has 0 fully saturated rings. The van der Waals surface area contributed by atoms with Crippen molar-refractivity contribution in [3.63, 3.8) is 0 Å². The zero-order valence-electron chi connectivity index (χ0n) is 8.26. The Morgan fingerprint density at radius 3 is 2.64 bits per heavy atom. The van der Waals surface area contributed by atoms with Gasteiger partial charge in [-0.05, 0) is 17.2 Å². The smallest absolute Gasteiger partial charge is 0.296 e. The molecule has 0 amide bonds. The van der Waals surface area contributed by atoms with E-state index in [0.29, 0.717) is 0 Å². The van der Waals surface area contributed by atoms with Gasteiger partial charge in [-0.2, -0.15) is 0 Å². The van der Waals surface area contributed by atoms with Crippen molar-refractivity contribution in [2.75, 3.05) is 0 Å². The molecule has 0 N–H and O–H groups in total. The summed E-state index contributed by atoms with van der Waals surface area (Å²) in [4.78, 5) is 0. The Balaban J connectivity index is 2.77. The van der Waals surface area contributed by atoms with Crippen LogP contribution in [-0.4, -0.2) is 18.2 Å². The number of hydrogen-bond acceptors (Lipinski definition) is 0. The van der Waals surface area contributed by atoms with Crippen LogP contribution in [0.1, 0.15) is 12.5 Å². The summed E-state index contributed by atoms with van der Waals surface area (Å²) in [7, 11) is 0. The van der Waals surface area contributed by atoms with Gasteiger partial charge >= 0.3 is 18.2 Å². The predicted octanol–water partition coefficient (Wildman–Crippen LogP) is 3.04. The second-order valence-corrected chi connectivity index (χ2v) is 6.07. The third kappa shape index (κ3) is 1.83. The minimum atomic E-state index is -0.258. The van der Waals surface area contributed by atoms with Crippen LogP contribution in [-0.2, 0) is 6.42 Å². The van der Waals surface area contributed by atoms with Crippen molar-refractivity contribution in [2.45, 2.75) is 13.3 Å². The molecule has 0 saturated carbocycles. The third-order valence-corrected chi connectivity index (χ3v) is 5.44. The summed E-state index contributed by atoms with van der Waals surface area (Å²) in [6.07, 6.45) is 1.14. The lowest BCUT2D eigenvalue weighted by Crippen LogP contribution is -2.15. The molecule has 0 saturated heterocycles. The topological polar surface area (TPSA) is 0 Å². The molecule has 0 heterocycles. The van der Waals surface area contributed by atoms with Crippen LogP contribution in [0.2, 0.25) is 0 Å². The highest BCUT2D eigenvalue weighted by molar-refractivity contribution is 9.23. The zero-order chi connectivity index (χ0) is 9.97. The summed E-state index contributed by atoms with van der Waals surface area (Å²) in [6, 6.07) is 13.2. The van der Waals surface area contributed by atoms with Crippen molar-refractivity contribution in [2.24, 2.45) is 0 Å². The van der Waals surface area contributed by atoms with Crippen molar-refractivity contribution >= 4 is 45.5 Å². The molecule has 0 aliphatic heterocycles. The van der Waals surface area contributed by atoms with Crippen molar-refractivity contribution in [3.05, 3.63) is 42.0 Å². The molecule has 68 valence electrons. The summed E-state index contributed by atoms with van der Waals surface area (Å²) in [5.41, 5.74) is 1.51. The summed E-state index contributed by atoms with van der Waals surface area (Å²) in [6.45, 7) is 2.23. The van der Waals surface area contributed by atoms with E-state index in [9.17, 15) is 0 Å². The van der Waals surface area contributed by atoms with Crippen LogP contribution in [0.4, 0.5) is 0 Å². The fourth-order valence-electron chi connectivity index (χ4n) is 1.87. The van der Waals surface area contributed by atoms with Crippen LogP contribution < -0.4 is 3.69 Å².